The third kappa shape index (κ3) is 2.17. The highest BCUT2D eigenvalue weighted by Crippen LogP contribution is 2.42. The third-order valence-electron chi connectivity index (χ3n) is 2.76. The Kier molecular flexibility index (Phi) is 2.50. The Morgan fingerprint density at radius 2 is 1.93 bits per heavy atom. The molecule has 5 heteroatoms. The molecule has 1 aliphatic carbocycles. The maximum atomic E-state index is 10.9. The number of esters is 1. The minimum absolute atomic E-state index is 0.399. The van der Waals surface area contributed by atoms with Gasteiger partial charge in [0.25, 0.3) is 0 Å². The predicted molar refractivity (Wildman–Crippen MR) is 51.9 cm³/mol. The van der Waals surface area contributed by atoms with Gasteiger partial charge in [0.15, 0.2) is 5.72 Å². The van der Waals surface area contributed by atoms with Crippen LogP contribution in [0.25, 0.3) is 0 Å². The number of hydrogen-bond acceptors (Lipinski definition) is 5. The molecule has 0 unspecified atom stereocenters. The van der Waals surface area contributed by atoms with E-state index in [0.717, 1.165) is 25.7 Å². The van der Waals surface area contributed by atoms with Gasteiger partial charge >= 0.3 is 11.9 Å². The Morgan fingerprint density at radius 1 is 1.27 bits per heavy atom. The summed E-state index contributed by atoms with van der Waals surface area (Å²) in [5.41, 5.74) is -0.525. The van der Waals surface area contributed by atoms with Gasteiger partial charge in [0, 0.05) is 13.8 Å². The second-order valence-corrected chi connectivity index (χ2v) is 4.30. The molecule has 0 aromatic heterocycles. The van der Waals surface area contributed by atoms with Gasteiger partial charge in [-0.05, 0) is 25.7 Å². The zero-order valence-corrected chi connectivity index (χ0v) is 9.15. The molecule has 0 N–H and O–H groups in total. The number of azo groups is 1. The molecule has 0 bridgehead atoms. The lowest BCUT2D eigenvalue weighted by molar-refractivity contribution is -0.245. The minimum atomic E-state index is -1.21. The van der Waals surface area contributed by atoms with Crippen molar-refractivity contribution in [1.29, 1.82) is 0 Å². The van der Waals surface area contributed by atoms with Crippen molar-refractivity contribution in [3.8, 4) is 0 Å². The SMILES string of the molecule is CC(=O)O[C@]1(C)N=NC2(CCCCC2)O1. The van der Waals surface area contributed by atoms with Crippen molar-refractivity contribution in [3.63, 3.8) is 0 Å². The van der Waals surface area contributed by atoms with Crippen molar-refractivity contribution in [2.75, 3.05) is 0 Å². The van der Waals surface area contributed by atoms with Crippen LogP contribution in [0.1, 0.15) is 46.0 Å². The normalized spacial score (nSPS) is 33.2. The van der Waals surface area contributed by atoms with Crippen LogP contribution >= 0.6 is 0 Å². The van der Waals surface area contributed by atoms with E-state index in [4.69, 9.17) is 9.47 Å². The van der Waals surface area contributed by atoms with E-state index in [1.807, 2.05) is 0 Å². The number of rotatable bonds is 1. The first-order valence-corrected chi connectivity index (χ1v) is 5.37. The van der Waals surface area contributed by atoms with Gasteiger partial charge < -0.3 is 4.74 Å². The van der Waals surface area contributed by atoms with Crippen LogP contribution in [0.15, 0.2) is 10.2 Å². The lowest BCUT2D eigenvalue weighted by Gasteiger charge is -2.31. The highest BCUT2D eigenvalue weighted by Gasteiger charge is 2.48. The van der Waals surface area contributed by atoms with E-state index in [1.165, 1.54) is 13.3 Å². The number of carbonyl (C=O) groups is 1. The summed E-state index contributed by atoms with van der Waals surface area (Å²) in [6.45, 7) is 2.97. The van der Waals surface area contributed by atoms with Gasteiger partial charge in [0.05, 0.1) is 0 Å². The summed E-state index contributed by atoms with van der Waals surface area (Å²) in [4.78, 5) is 10.9. The van der Waals surface area contributed by atoms with Crippen LogP contribution in [-0.2, 0) is 14.3 Å². The van der Waals surface area contributed by atoms with Crippen molar-refractivity contribution in [2.45, 2.75) is 57.6 Å². The van der Waals surface area contributed by atoms with Crippen LogP contribution in [0.4, 0.5) is 0 Å². The largest absolute Gasteiger partial charge is 0.411 e. The van der Waals surface area contributed by atoms with E-state index in [9.17, 15) is 4.79 Å². The molecule has 0 aromatic rings. The van der Waals surface area contributed by atoms with E-state index in [2.05, 4.69) is 10.2 Å². The zero-order chi connectivity index (χ0) is 10.9. The van der Waals surface area contributed by atoms with E-state index in [0.29, 0.717) is 0 Å². The van der Waals surface area contributed by atoms with Crippen LogP contribution in [-0.4, -0.2) is 17.6 Å². The molecule has 0 amide bonds. The Balaban J connectivity index is 2.05. The second-order valence-electron chi connectivity index (χ2n) is 4.30. The molecule has 0 saturated heterocycles. The lowest BCUT2D eigenvalue weighted by atomic mass is 9.92. The zero-order valence-electron chi connectivity index (χ0n) is 9.15. The maximum Gasteiger partial charge on any atom is 0.331 e. The minimum Gasteiger partial charge on any atom is -0.411 e. The molecule has 1 fully saturated rings. The Morgan fingerprint density at radius 3 is 2.53 bits per heavy atom. The predicted octanol–water partition coefficient (Wildman–Crippen LogP) is 2.37. The fourth-order valence-electron chi connectivity index (χ4n) is 2.19. The van der Waals surface area contributed by atoms with Gasteiger partial charge in [0.2, 0.25) is 0 Å². The highest BCUT2D eigenvalue weighted by atomic mass is 16.8. The molecule has 1 atom stereocenters. The van der Waals surface area contributed by atoms with Crippen LogP contribution in [0.3, 0.4) is 0 Å². The highest BCUT2D eigenvalue weighted by molar-refractivity contribution is 5.66. The van der Waals surface area contributed by atoms with Crippen molar-refractivity contribution >= 4 is 5.97 Å². The average molecular weight is 212 g/mol. The van der Waals surface area contributed by atoms with Crippen LogP contribution in [0.2, 0.25) is 0 Å². The van der Waals surface area contributed by atoms with Gasteiger partial charge in [-0.25, -0.2) is 0 Å². The molecule has 1 aliphatic heterocycles. The molecule has 5 nitrogen and oxygen atoms in total. The van der Waals surface area contributed by atoms with E-state index >= 15 is 0 Å². The van der Waals surface area contributed by atoms with Crippen LogP contribution < -0.4 is 0 Å². The molecule has 15 heavy (non-hydrogen) atoms. The van der Waals surface area contributed by atoms with Crippen molar-refractivity contribution < 1.29 is 14.3 Å². The fourth-order valence-corrected chi connectivity index (χ4v) is 2.19. The number of hydrogen-bond donors (Lipinski definition) is 0. The first kappa shape index (κ1) is 10.5. The van der Waals surface area contributed by atoms with Gasteiger partial charge in [-0.2, -0.15) is 5.11 Å². The van der Waals surface area contributed by atoms with Crippen molar-refractivity contribution in [3.05, 3.63) is 0 Å². The van der Waals surface area contributed by atoms with E-state index in [1.54, 1.807) is 6.92 Å². The summed E-state index contributed by atoms with van der Waals surface area (Å²) < 4.78 is 10.7. The van der Waals surface area contributed by atoms with Crippen molar-refractivity contribution in [1.82, 2.24) is 0 Å². The van der Waals surface area contributed by atoms with Gasteiger partial charge in [0.1, 0.15) is 0 Å². The standard InChI is InChI=1S/C10H16N2O3/c1-8(13)14-9(2)11-12-10(15-9)6-4-3-5-7-10/h3-7H2,1-2H3/t9-/m0/s1. The quantitative estimate of drug-likeness (QED) is 0.627. The van der Waals surface area contributed by atoms with Crippen molar-refractivity contribution in [2.24, 2.45) is 10.2 Å². The number of ether oxygens (including phenoxy) is 2. The molecule has 84 valence electrons. The van der Waals surface area contributed by atoms with Crippen LogP contribution in [0.5, 0.6) is 0 Å². The average Bonchev–Trinajstić information content (AvgIpc) is 2.43. The Bertz CT molecular complexity index is 297. The second kappa shape index (κ2) is 3.56. The number of nitrogens with zero attached hydrogens (tertiary/aromatic N) is 2. The number of carbonyl (C=O) groups excluding carboxylic acids is 1. The third-order valence-corrected chi connectivity index (χ3v) is 2.76. The summed E-state index contributed by atoms with van der Waals surface area (Å²) >= 11 is 0. The smallest absolute Gasteiger partial charge is 0.331 e. The monoisotopic (exact) mass is 212 g/mol. The molecule has 2 aliphatic rings. The molecular formula is C10H16N2O3. The molecule has 1 saturated carbocycles. The molecular weight excluding hydrogens is 196 g/mol. The molecule has 0 radical (unpaired) electrons. The Hall–Kier alpha value is -0.970. The van der Waals surface area contributed by atoms with E-state index < -0.39 is 17.6 Å². The summed E-state index contributed by atoms with van der Waals surface area (Å²) in [6, 6.07) is 0. The van der Waals surface area contributed by atoms with Gasteiger partial charge in [-0.1, -0.05) is 6.42 Å². The first-order valence-electron chi connectivity index (χ1n) is 5.37. The molecule has 0 aromatic carbocycles. The first-order chi connectivity index (χ1) is 7.04. The molecule has 2 rings (SSSR count). The Labute approximate surface area is 88.8 Å². The summed E-state index contributed by atoms with van der Waals surface area (Å²) in [7, 11) is 0. The maximum absolute atomic E-state index is 10.9. The summed E-state index contributed by atoms with van der Waals surface area (Å²) in [5, 5.41) is 8.10. The summed E-state index contributed by atoms with van der Waals surface area (Å²) in [6.07, 6.45) is 5.13. The summed E-state index contributed by atoms with van der Waals surface area (Å²) in [5.74, 6) is -1.60. The molecule has 1 spiro atoms. The fraction of sp³-hybridized carbons (Fsp3) is 0.900. The lowest BCUT2D eigenvalue weighted by Crippen LogP contribution is -2.38. The topological polar surface area (TPSA) is 60.2 Å². The van der Waals surface area contributed by atoms with Gasteiger partial charge in [-0.15, -0.1) is 5.11 Å². The van der Waals surface area contributed by atoms with Gasteiger partial charge in [-0.3, -0.25) is 9.53 Å². The van der Waals surface area contributed by atoms with Crippen LogP contribution in [0, 0.1) is 0 Å². The molecule has 1 heterocycles. The van der Waals surface area contributed by atoms with E-state index in [-0.39, 0.29) is 0 Å².